The summed E-state index contributed by atoms with van der Waals surface area (Å²) in [5, 5.41) is 6.08. The number of methoxy groups -OCH3 is 1. The molecule has 2 N–H and O–H groups in total. The van der Waals surface area contributed by atoms with Crippen molar-refractivity contribution in [3.63, 3.8) is 0 Å². The molecule has 3 aromatic rings. The topological polar surface area (TPSA) is 106 Å². The molecular weight excluding hydrogens is 582 g/mol. The summed E-state index contributed by atoms with van der Waals surface area (Å²) in [6.07, 6.45) is 3.67. The molecule has 44 heavy (non-hydrogen) atoms. The minimum atomic E-state index is -0.460. The maximum absolute atomic E-state index is 13.2. The molecule has 2 bridgehead atoms. The molecule has 10 heteroatoms. The van der Waals surface area contributed by atoms with Crippen molar-refractivity contribution in [3.8, 4) is 16.9 Å². The van der Waals surface area contributed by atoms with Crippen molar-refractivity contribution in [2.24, 2.45) is 0 Å². The number of nitrogens with zero attached hydrogens (tertiary/aromatic N) is 1. The third kappa shape index (κ3) is 6.04. The molecule has 0 radical (unpaired) electrons. The lowest BCUT2D eigenvalue weighted by molar-refractivity contribution is -0.938. The molecule has 0 spiro atoms. The molecule has 9 nitrogen and oxygen atoms in total. The van der Waals surface area contributed by atoms with E-state index in [2.05, 4.69) is 24.7 Å². The van der Waals surface area contributed by atoms with Gasteiger partial charge in [-0.3, -0.25) is 14.9 Å². The molecule has 6 rings (SSSR count). The zero-order chi connectivity index (χ0) is 31.0. The molecule has 3 aliphatic rings. The molecule has 5 atom stereocenters. The van der Waals surface area contributed by atoms with Crippen molar-refractivity contribution < 1.29 is 33.1 Å². The second-order valence-corrected chi connectivity index (χ2v) is 12.7. The van der Waals surface area contributed by atoms with Gasteiger partial charge >= 0.3 is 6.09 Å². The number of fused-ring (bicyclic) bond motifs is 5. The summed E-state index contributed by atoms with van der Waals surface area (Å²) in [6.45, 7) is 0. The number of morpholine rings is 1. The zero-order valence-corrected chi connectivity index (χ0v) is 25.8. The molecule has 2 amide bonds. The van der Waals surface area contributed by atoms with Gasteiger partial charge in [-0.2, -0.15) is 0 Å². The number of carbonyl (C=O) groups is 3. The Morgan fingerprint density at radius 3 is 2.41 bits per heavy atom. The smallest absolute Gasteiger partial charge is 0.411 e. The lowest BCUT2D eigenvalue weighted by Crippen LogP contribution is -2.60. The van der Waals surface area contributed by atoms with E-state index in [-0.39, 0.29) is 35.7 Å². The van der Waals surface area contributed by atoms with Crippen LogP contribution in [-0.2, 0) is 20.7 Å². The van der Waals surface area contributed by atoms with Crippen LogP contribution >= 0.6 is 11.6 Å². The van der Waals surface area contributed by atoms with Gasteiger partial charge in [0.15, 0.2) is 6.29 Å². The predicted octanol–water partition coefficient (Wildman–Crippen LogP) is 6.10. The average Bonchev–Trinajstić information content (AvgIpc) is 3.77. The molecular formula is C34H37ClN3O6+. The Balaban J connectivity index is 1.09. The van der Waals surface area contributed by atoms with Gasteiger partial charge in [-0.15, -0.1) is 0 Å². The fourth-order valence-electron chi connectivity index (χ4n) is 6.91. The van der Waals surface area contributed by atoms with Crippen LogP contribution < -0.4 is 15.4 Å². The third-order valence-electron chi connectivity index (χ3n) is 9.31. The van der Waals surface area contributed by atoms with Crippen LogP contribution in [0.3, 0.4) is 0 Å². The van der Waals surface area contributed by atoms with E-state index in [1.54, 1.807) is 0 Å². The molecule has 0 aliphatic carbocycles. The molecule has 3 fully saturated rings. The number of carbonyl (C=O) groups excluding carboxylic acids is 3. The second kappa shape index (κ2) is 12.2. The molecule has 0 saturated carbocycles. The molecule has 1 unspecified atom stereocenters. The summed E-state index contributed by atoms with van der Waals surface area (Å²) in [5.74, 6) is 0.128. The maximum Gasteiger partial charge on any atom is 0.411 e. The minimum absolute atomic E-state index is 0.141. The number of nitrogens with one attached hydrogen (secondary N) is 2. The van der Waals surface area contributed by atoms with E-state index in [0.717, 1.165) is 34.0 Å². The molecule has 3 saturated heterocycles. The molecule has 3 aromatic carbocycles. The number of aryl methyl sites for hydroxylation is 1. The van der Waals surface area contributed by atoms with Crippen molar-refractivity contribution >= 4 is 41.3 Å². The summed E-state index contributed by atoms with van der Waals surface area (Å²) < 4.78 is 18.0. The molecule has 3 aliphatic heterocycles. The Morgan fingerprint density at radius 1 is 1.00 bits per heavy atom. The van der Waals surface area contributed by atoms with E-state index < -0.39 is 6.09 Å². The van der Waals surface area contributed by atoms with Crippen molar-refractivity contribution in [1.82, 2.24) is 0 Å². The summed E-state index contributed by atoms with van der Waals surface area (Å²) in [6, 6.07) is 19.6. The standard InChI is InChI=1S/C34H36ClN3O6/c1-38(2)28-16-23(17-29(38)33-32(28)44-33)43-34(41)37-26-14-20(12-13-24(26)21-9-5-4-6-10-21)8-7-11-31(40)36-27-18-30(42-3)22(19-39)15-25(27)35/h4-6,9-10,12-15,18-19,23,28-29,32-33H,7-8,11,16-17H2,1-3H3,(H-,36,37,39,40,41)/p+1/t23?,28-,29+,32-,33+. The van der Waals surface area contributed by atoms with Gasteiger partial charge in [0.2, 0.25) is 5.91 Å². The number of anilines is 2. The number of amides is 2. The van der Waals surface area contributed by atoms with Crippen molar-refractivity contribution in [3.05, 3.63) is 76.8 Å². The number of hydrogen-bond acceptors (Lipinski definition) is 6. The Hall–Kier alpha value is -3.92. The van der Waals surface area contributed by atoms with E-state index in [1.165, 1.54) is 19.2 Å². The lowest BCUT2D eigenvalue weighted by atomic mass is 9.96. The van der Waals surface area contributed by atoms with Crippen LogP contribution in [0, 0.1) is 0 Å². The summed E-state index contributed by atoms with van der Waals surface area (Å²) >= 11 is 6.25. The highest BCUT2D eigenvalue weighted by Gasteiger charge is 2.70. The van der Waals surface area contributed by atoms with Crippen LogP contribution in [0.2, 0.25) is 5.02 Å². The third-order valence-corrected chi connectivity index (χ3v) is 9.62. The molecule has 230 valence electrons. The first-order valence-electron chi connectivity index (χ1n) is 14.9. The first kappa shape index (κ1) is 30.1. The molecule has 3 heterocycles. The van der Waals surface area contributed by atoms with Crippen molar-refractivity contribution in [2.75, 3.05) is 31.8 Å². The number of halogens is 1. The second-order valence-electron chi connectivity index (χ2n) is 12.3. The van der Waals surface area contributed by atoms with Crippen LogP contribution in [0.1, 0.15) is 41.6 Å². The van der Waals surface area contributed by atoms with Crippen molar-refractivity contribution in [2.45, 2.75) is 62.5 Å². The van der Waals surface area contributed by atoms with E-state index in [9.17, 15) is 14.4 Å². The number of aldehydes is 1. The van der Waals surface area contributed by atoms with Crippen molar-refractivity contribution in [1.29, 1.82) is 0 Å². The summed E-state index contributed by atoms with van der Waals surface area (Å²) in [7, 11) is 5.95. The largest absolute Gasteiger partial charge is 0.496 e. The number of hydrogen-bond donors (Lipinski definition) is 2. The lowest BCUT2D eigenvalue weighted by Gasteiger charge is -2.45. The van der Waals surface area contributed by atoms with E-state index in [4.69, 9.17) is 25.8 Å². The summed E-state index contributed by atoms with van der Waals surface area (Å²) in [5.41, 5.74) is 4.21. The number of quaternary nitrogens is 1. The highest BCUT2D eigenvalue weighted by atomic mass is 35.5. The van der Waals surface area contributed by atoms with Gasteiger partial charge in [0, 0.05) is 30.9 Å². The Labute approximate surface area is 262 Å². The van der Waals surface area contributed by atoms with E-state index in [1.807, 2.05) is 48.5 Å². The van der Waals surface area contributed by atoms with E-state index in [0.29, 0.717) is 53.9 Å². The predicted molar refractivity (Wildman–Crippen MR) is 168 cm³/mol. The Bertz CT molecular complexity index is 1560. The Morgan fingerprint density at radius 2 is 1.73 bits per heavy atom. The minimum Gasteiger partial charge on any atom is -0.496 e. The van der Waals surface area contributed by atoms with Gasteiger partial charge in [0.1, 0.15) is 36.1 Å². The first-order chi connectivity index (χ1) is 21.2. The highest BCUT2D eigenvalue weighted by Crippen LogP contribution is 2.51. The van der Waals surface area contributed by atoms with Crippen LogP contribution in [-0.4, -0.2) is 74.4 Å². The van der Waals surface area contributed by atoms with Gasteiger partial charge in [-0.25, -0.2) is 4.79 Å². The fraction of sp³-hybridized carbons (Fsp3) is 0.382. The summed E-state index contributed by atoms with van der Waals surface area (Å²) in [4.78, 5) is 37.1. The zero-order valence-electron chi connectivity index (χ0n) is 25.0. The maximum atomic E-state index is 13.2. The van der Waals surface area contributed by atoms with Gasteiger partial charge in [-0.05, 0) is 36.1 Å². The quantitative estimate of drug-likeness (QED) is 0.162. The Kier molecular flexibility index (Phi) is 8.37. The number of benzene rings is 3. The van der Waals surface area contributed by atoms with Gasteiger partial charge in [0.25, 0.3) is 0 Å². The van der Waals surface area contributed by atoms with E-state index >= 15 is 0 Å². The van der Waals surface area contributed by atoms with Crippen LogP contribution in [0.25, 0.3) is 11.1 Å². The highest BCUT2D eigenvalue weighted by molar-refractivity contribution is 6.34. The number of rotatable bonds is 10. The van der Waals surface area contributed by atoms with Crippen LogP contribution in [0.5, 0.6) is 5.75 Å². The molecule has 0 aromatic heterocycles. The fourth-order valence-corrected chi connectivity index (χ4v) is 7.13. The van der Waals surface area contributed by atoms with Gasteiger partial charge in [0.05, 0.1) is 43.2 Å². The monoisotopic (exact) mass is 618 g/mol. The SMILES string of the molecule is COc1cc(NC(=O)CCCc2ccc(-c3ccccc3)c(NC(=O)OC3C[C@@H]4[C@H]5O[C@H]5[C@H](C3)[N+]4(C)C)c2)c(Cl)cc1C=O. The number of likely N-dealkylation sites (N-methyl/N-ethyl adjacent to an activating group) is 1. The van der Waals surface area contributed by atoms with Gasteiger partial charge < -0.3 is 24.0 Å². The van der Waals surface area contributed by atoms with Crippen LogP contribution in [0.15, 0.2) is 60.7 Å². The normalized spacial score (nSPS) is 24.1. The first-order valence-corrected chi connectivity index (χ1v) is 15.3. The number of ether oxygens (including phenoxy) is 3. The number of epoxide rings is 1. The van der Waals surface area contributed by atoms with Gasteiger partial charge in [-0.1, -0.05) is 54.1 Å². The van der Waals surface area contributed by atoms with Crippen LogP contribution in [0.4, 0.5) is 16.2 Å². The number of piperidine rings is 1. The average molecular weight is 619 g/mol.